The lowest BCUT2D eigenvalue weighted by Gasteiger charge is -2.08. The van der Waals surface area contributed by atoms with Crippen LogP contribution in [0.2, 0.25) is 0 Å². The second-order valence-electron chi connectivity index (χ2n) is 6.09. The smallest absolute Gasteiger partial charge is 0.271 e. The first-order valence-electron chi connectivity index (χ1n) is 8.17. The van der Waals surface area contributed by atoms with Crippen molar-refractivity contribution >= 4 is 31.8 Å². The van der Waals surface area contributed by atoms with E-state index in [4.69, 9.17) is 4.74 Å². The van der Waals surface area contributed by atoms with E-state index in [9.17, 15) is 9.18 Å². The molecule has 0 amide bonds. The highest BCUT2D eigenvalue weighted by Crippen LogP contribution is 2.31. The van der Waals surface area contributed by atoms with Gasteiger partial charge in [-0.25, -0.2) is 14.4 Å². The highest BCUT2D eigenvalue weighted by molar-refractivity contribution is 7.25. The summed E-state index contributed by atoms with van der Waals surface area (Å²) in [6, 6.07) is 7.79. The Morgan fingerprint density at radius 1 is 1.23 bits per heavy atom. The average Bonchev–Trinajstić information content (AvgIpc) is 2.98. The average molecular weight is 369 g/mol. The largest absolute Gasteiger partial charge is 0.492 e. The normalized spacial score (nSPS) is 11.3. The Kier molecular flexibility index (Phi) is 4.16. The molecule has 4 aromatic rings. The van der Waals surface area contributed by atoms with Crippen LogP contribution in [0.5, 0.6) is 5.75 Å². The molecule has 0 aliphatic rings. The van der Waals surface area contributed by atoms with Gasteiger partial charge in [0, 0.05) is 11.1 Å². The quantitative estimate of drug-likeness (QED) is 0.548. The maximum absolute atomic E-state index is 12.9. The van der Waals surface area contributed by atoms with Crippen LogP contribution in [-0.4, -0.2) is 21.1 Å². The number of hydrogen-bond donors (Lipinski definition) is 0. The first-order valence-corrected chi connectivity index (χ1v) is 8.99. The monoisotopic (exact) mass is 369 g/mol. The van der Waals surface area contributed by atoms with Gasteiger partial charge >= 0.3 is 0 Å². The summed E-state index contributed by atoms with van der Waals surface area (Å²) < 4.78 is 20.6. The van der Waals surface area contributed by atoms with Gasteiger partial charge in [0.05, 0.1) is 18.4 Å². The third-order valence-electron chi connectivity index (χ3n) is 4.16. The number of fused-ring (bicyclic) bond motifs is 3. The van der Waals surface area contributed by atoms with Crippen molar-refractivity contribution in [3.05, 3.63) is 64.1 Å². The number of nitrogens with zero attached hydrogens (tertiary/aromatic N) is 3. The lowest BCUT2D eigenvalue weighted by atomic mass is 10.1. The number of hydrogen-bond acceptors (Lipinski definition) is 5. The van der Waals surface area contributed by atoms with E-state index >= 15 is 0 Å². The number of aromatic nitrogens is 3. The molecule has 0 atom stereocenters. The van der Waals surface area contributed by atoms with Crippen LogP contribution in [-0.2, 0) is 6.54 Å². The summed E-state index contributed by atoms with van der Waals surface area (Å²) in [5.41, 5.74) is 2.60. The number of thiophene rings is 1. The highest BCUT2D eigenvalue weighted by atomic mass is 32.1. The molecule has 0 spiro atoms. The number of ether oxygens (including phenoxy) is 1. The fourth-order valence-electron chi connectivity index (χ4n) is 2.95. The molecule has 3 aromatic heterocycles. The highest BCUT2D eigenvalue weighted by Gasteiger charge is 2.14. The molecular weight excluding hydrogens is 353 g/mol. The van der Waals surface area contributed by atoms with Crippen LogP contribution in [0.1, 0.15) is 11.3 Å². The van der Waals surface area contributed by atoms with E-state index < -0.39 is 0 Å². The van der Waals surface area contributed by atoms with Crippen molar-refractivity contribution in [2.75, 3.05) is 6.61 Å². The van der Waals surface area contributed by atoms with Crippen LogP contribution in [0.25, 0.3) is 20.4 Å². The van der Waals surface area contributed by atoms with Crippen LogP contribution < -0.4 is 10.3 Å². The minimum atomic E-state index is -0.313. The van der Waals surface area contributed by atoms with Crippen molar-refractivity contribution < 1.29 is 9.13 Å². The second kappa shape index (κ2) is 6.49. The maximum Gasteiger partial charge on any atom is 0.271 e. The zero-order chi connectivity index (χ0) is 18.3. The predicted molar refractivity (Wildman–Crippen MR) is 101 cm³/mol. The molecule has 0 unspecified atom stereocenters. The van der Waals surface area contributed by atoms with Gasteiger partial charge < -0.3 is 4.74 Å². The molecule has 26 heavy (non-hydrogen) atoms. The molecule has 3 heterocycles. The fourth-order valence-corrected chi connectivity index (χ4v) is 4.15. The van der Waals surface area contributed by atoms with E-state index in [1.54, 1.807) is 18.5 Å². The van der Waals surface area contributed by atoms with E-state index in [0.717, 1.165) is 21.5 Å². The van der Waals surface area contributed by atoms with Gasteiger partial charge in [-0.3, -0.25) is 9.36 Å². The second-order valence-corrected chi connectivity index (χ2v) is 7.09. The number of halogens is 1. The van der Waals surface area contributed by atoms with Crippen LogP contribution >= 0.6 is 11.3 Å². The number of rotatable bonds is 4. The Bertz CT molecular complexity index is 1170. The fraction of sp³-hybridized carbons (Fsp3) is 0.211. The van der Waals surface area contributed by atoms with E-state index in [1.165, 1.54) is 28.0 Å². The molecule has 0 saturated heterocycles. The first-order chi connectivity index (χ1) is 12.5. The standard InChI is InChI=1S/C19H16FN3O2S/c1-11-9-12(2)22-18-15(11)16-17(26-18)19(24)23(10-21-16)7-8-25-14-5-3-13(20)4-6-14/h3-6,9-10H,7-8H2,1-2H3. The lowest BCUT2D eigenvalue weighted by molar-refractivity contribution is 0.295. The number of benzene rings is 1. The van der Waals surface area contributed by atoms with Crippen molar-refractivity contribution in [1.29, 1.82) is 0 Å². The minimum Gasteiger partial charge on any atom is -0.492 e. The topological polar surface area (TPSA) is 57.0 Å². The van der Waals surface area contributed by atoms with Gasteiger partial charge in [0.2, 0.25) is 0 Å². The summed E-state index contributed by atoms with van der Waals surface area (Å²) in [5, 5.41) is 0.947. The summed E-state index contributed by atoms with van der Waals surface area (Å²) in [5.74, 6) is 0.248. The van der Waals surface area contributed by atoms with E-state index in [2.05, 4.69) is 9.97 Å². The van der Waals surface area contributed by atoms with Crippen LogP contribution in [0.3, 0.4) is 0 Å². The summed E-state index contributed by atoms with van der Waals surface area (Å²) in [7, 11) is 0. The zero-order valence-corrected chi connectivity index (χ0v) is 15.1. The molecule has 0 aliphatic carbocycles. The van der Waals surface area contributed by atoms with Crippen molar-refractivity contribution in [3.8, 4) is 5.75 Å². The van der Waals surface area contributed by atoms with E-state index in [0.29, 0.717) is 29.1 Å². The SMILES string of the molecule is Cc1cc(C)c2c(n1)sc1c(=O)n(CCOc3ccc(F)cc3)cnc12. The van der Waals surface area contributed by atoms with Crippen LogP contribution in [0, 0.1) is 19.7 Å². The Balaban J connectivity index is 1.63. The molecular formula is C19H16FN3O2S. The third kappa shape index (κ3) is 2.94. The number of aryl methyl sites for hydroxylation is 2. The Morgan fingerprint density at radius 2 is 2.00 bits per heavy atom. The molecule has 0 aliphatic heterocycles. The van der Waals surface area contributed by atoms with Crippen molar-refractivity contribution in [1.82, 2.24) is 14.5 Å². The summed E-state index contributed by atoms with van der Waals surface area (Å²) >= 11 is 1.37. The van der Waals surface area contributed by atoms with Gasteiger partial charge in [-0.15, -0.1) is 11.3 Å². The van der Waals surface area contributed by atoms with Gasteiger partial charge in [0.15, 0.2) is 0 Å². The third-order valence-corrected chi connectivity index (χ3v) is 5.22. The summed E-state index contributed by atoms with van der Waals surface area (Å²) in [6.07, 6.45) is 1.55. The zero-order valence-electron chi connectivity index (χ0n) is 14.3. The van der Waals surface area contributed by atoms with Crippen molar-refractivity contribution in [2.45, 2.75) is 20.4 Å². The van der Waals surface area contributed by atoms with Gasteiger partial charge in [0.1, 0.15) is 27.7 Å². The molecule has 0 radical (unpaired) electrons. The molecule has 0 bridgehead atoms. The number of pyridine rings is 1. The van der Waals surface area contributed by atoms with Gasteiger partial charge in [0.25, 0.3) is 5.56 Å². The molecule has 5 nitrogen and oxygen atoms in total. The minimum absolute atomic E-state index is 0.0993. The molecule has 0 N–H and O–H groups in total. The molecule has 0 fully saturated rings. The van der Waals surface area contributed by atoms with E-state index in [-0.39, 0.29) is 11.4 Å². The van der Waals surface area contributed by atoms with Gasteiger partial charge in [-0.2, -0.15) is 0 Å². The Hall–Kier alpha value is -2.80. The molecule has 4 rings (SSSR count). The molecule has 132 valence electrons. The predicted octanol–water partition coefficient (Wildman–Crippen LogP) is 3.84. The molecule has 0 saturated carbocycles. The van der Waals surface area contributed by atoms with Crippen LogP contribution in [0.15, 0.2) is 41.5 Å². The first kappa shape index (κ1) is 16.7. The summed E-state index contributed by atoms with van der Waals surface area (Å²) in [4.78, 5) is 22.6. The van der Waals surface area contributed by atoms with Gasteiger partial charge in [-0.1, -0.05) is 0 Å². The van der Waals surface area contributed by atoms with Crippen molar-refractivity contribution in [2.24, 2.45) is 0 Å². The lowest BCUT2D eigenvalue weighted by Crippen LogP contribution is -2.22. The van der Waals surface area contributed by atoms with Crippen molar-refractivity contribution in [3.63, 3.8) is 0 Å². The summed E-state index contributed by atoms with van der Waals surface area (Å²) in [6.45, 7) is 4.60. The van der Waals surface area contributed by atoms with E-state index in [1.807, 2.05) is 19.9 Å². The Morgan fingerprint density at radius 3 is 2.77 bits per heavy atom. The van der Waals surface area contributed by atoms with Gasteiger partial charge in [-0.05, 0) is 49.7 Å². The maximum atomic E-state index is 12.9. The molecule has 1 aromatic carbocycles. The Labute approximate surface area is 152 Å². The molecule has 7 heteroatoms. The van der Waals surface area contributed by atoms with Crippen LogP contribution in [0.4, 0.5) is 4.39 Å².